The molecule has 0 aromatic heterocycles. The Morgan fingerprint density at radius 3 is 2.84 bits per heavy atom. The van der Waals surface area contributed by atoms with Gasteiger partial charge >= 0.3 is 6.03 Å². The number of thioether (sulfide) groups is 1. The van der Waals surface area contributed by atoms with E-state index in [4.69, 9.17) is 4.74 Å². The van der Waals surface area contributed by atoms with Crippen molar-refractivity contribution in [2.45, 2.75) is 12.7 Å². The first kappa shape index (κ1) is 15.4. The van der Waals surface area contributed by atoms with Crippen LogP contribution >= 0.6 is 11.8 Å². The van der Waals surface area contributed by atoms with Crippen molar-refractivity contribution in [3.8, 4) is 5.75 Å². The Kier molecular flexibility index (Phi) is 6.81. The largest absolute Gasteiger partial charge is 0.497 e. The van der Waals surface area contributed by atoms with Crippen molar-refractivity contribution < 1.29 is 14.3 Å². The van der Waals surface area contributed by atoms with Crippen LogP contribution < -0.4 is 15.4 Å². The van der Waals surface area contributed by atoms with E-state index >= 15 is 0 Å². The van der Waals surface area contributed by atoms with Crippen molar-refractivity contribution in [3.05, 3.63) is 29.8 Å². The molecule has 0 saturated heterocycles. The number of nitrogens with one attached hydrogen (secondary N) is 2. The predicted molar refractivity (Wildman–Crippen MR) is 76.4 cm³/mol. The van der Waals surface area contributed by atoms with E-state index in [0.717, 1.165) is 11.3 Å². The summed E-state index contributed by atoms with van der Waals surface area (Å²) in [5, 5.41) is 4.76. The lowest BCUT2D eigenvalue weighted by Gasteiger charge is -2.05. The lowest BCUT2D eigenvalue weighted by Crippen LogP contribution is -2.40. The standard InChI is InChI=1S/C13H18N2O3S/c1-3-14-13(17)15-12(16)9-19-8-10-5-4-6-11(7-10)18-2/h4-7H,3,8-9H2,1-2H3,(H2,14,15,16,17). The van der Waals surface area contributed by atoms with E-state index in [-0.39, 0.29) is 11.7 Å². The van der Waals surface area contributed by atoms with Gasteiger partial charge in [0.25, 0.3) is 0 Å². The van der Waals surface area contributed by atoms with Crippen LogP contribution in [0.3, 0.4) is 0 Å². The highest BCUT2D eigenvalue weighted by Crippen LogP contribution is 2.17. The first-order valence-electron chi connectivity index (χ1n) is 5.94. The van der Waals surface area contributed by atoms with Gasteiger partial charge in [-0.15, -0.1) is 11.8 Å². The summed E-state index contributed by atoms with van der Waals surface area (Å²) < 4.78 is 5.12. The molecule has 0 radical (unpaired) electrons. The summed E-state index contributed by atoms with van der Waals surface area (Å²) in [6.45, 7) is 2.29. The highest BCUT2D eigenvalue weighted by molar-refractivity contribution is 7.99. The maximum Gasteiger partial charge on any atom is 0.321 e. The zero-order valence-electron chi connectivity index (χ0n) is 11.1. The smallest absolute Gasteiger partial charge is 0.321 e. The summed E-state index contributed by atoms with van der Waals surface area (Å²) >= 11 is 1.45. The Morgan fingerprint density at radius 2 is 2.16 bits per heavy atom. The first-order valence-corrected chi connectivity index (χ1v) is 7.09. The molecular weight excluding hydrogens is 264 g/mol. The lowest BCUT2D eigenvalue weighted by atomic mass is 10.2. The van der Waals surface area contributed by atoms with Crippen LogP contribution in [0.5, 0.6) is 5.75 Å². The fraction of sp³-hybridized carbons (Fsp3) is 0.385. The molecule has 0 atom stereocenters. The molecule has 1 aromatic carbocycles. The summed E-state index contributed by atoms with van der Waals surface area (Å²) in [7, 11) is 1.62. The number of amides is 3. The van der Waals surface area contributed by atoms with Crippen LogP contribution in [0.2, 0.25) is 0 Å². The maximum atomic E-state index is 11.4. The summed E-state index contributed by atoms with van der Waals surface area (Å²) in [6, 6.07) is 7.22. The molecule has 0 aliphatic carbocycles. The molecule has 0 heterocycles. The van der Waals surface area contributed by atoms with Gasteiger partial charge in [-0.05, 0) is 24.6 Å². The Labute approximate surface area is 117 Å². The summed E-state index contributed by atoms with van der Waals surface area (Å²) in [5.41, 5.74) is 1.08. The van der Waals surface area contributed by atoms with Crippen molar-refractivity contribution in [1.82, 2.24) is 10.6 Å². The maximum absolute atomic E-state index is 11.4. The fourth-order valence-electron chi connectivity index (χ4n) is 1.39. The van der Waals surface area contributed by atoms with E-state index in [0.29, 0.717) is 12.3 Å². The predicted octanol–water partition coefficient (Wildman–Crippen LogP) is 1.77. The molecule has 0 spiro atoms. The summed E-state index contributed by atoms with van der Waals surface area (Å²) in [6.07, 6.45) is 0. The number of imide groups is 1. The molecule has 0 aliphatic heterocycles. The van der Waals surface area contributed by atoms with Gasteiger partial charge in [0.15, 0.2) is 0 Å². The van der Waals surface area contributed by atoms with Gasteiger partial charge in [0.1, 0.15) is 5.75 Å². The van der Waals surface area contributed by atoms with Gasteiger partial charge in [0.2, 0.25) is 5.91 Å². The van der Waals surface area contributed by atoms with E-state index in [2.05, 4.69) is 10.6 Å². The second kappa shape index (κ2) is 8.42. The van der Waals surface area contributed by atoms with Crippen molar-refractivity contribution in [1.29, 1.82) is 0 Å². The molecule has 104 valence electrons. The van der Waals surface area contributed by atoms with Gasteiger partial charge in [-0.3, -0.25) is 10.1 Å². The van der Waals surface area contributed by atoms with Crippen LogP contribution in [0.4, 0.5) is 4.79 Å². The number of methoxy groups -OCH3 is 1. The van der Waals surface area contributed by atoms with E-state index < -0.39 is 6.03 Å². The second-order valence-corrected chi connectivity index (χ2v) is 4.74. The molecule has 0 bridgehead atoms. The number of rotatable bonds is 6. The SMILES string of the molecule is CCNC(=O)NC(=O)CSCc1cccc(OC)c1. The zero-order valence-corrected chi connectivity index (χ0v) is 11.9. The molecule has 6 heteroatoms. The third kappa shape index (κ3) is 6.15. The number of benzene rings is 1. The number of ether oxygens (including phenoxy) is 1. The molecule has 1 aromatic rings. The third-order valence-corrected chi connectivity index (χ3v) is 3.23. The van der Waals surface area contributed by atoms with Crippen LogP contribution in [0.25, 0.3) is 0 Å². The van der Waals surface area contributed by atoms with Gasteiger partial charge in [-0.1, -0.05) is 12.1 Å². The van der Waals surface area contributed by atoms with Crippen LogP contribution in [-0.2, 0) is 10.5 Å². The molecular formula is C13H18N2O3S. The molecule has 2 N–H and O–H groups in total. The van der Waals surface area contributed by atoms with E-state index in [1.165, 1.54) is 11.8 Å². The van der Waals surface area contributed by atoms with Gasteiger partial charge in [0, 0.05) is 12.3 Å². The van der Waals surface area contributed by atoms with Gasteiger partial charge in [0.05, 0.1) is 12.9 Å². The minimum atomic E-state index is -0.450. The van der Waals surface area contributed by atoms with Crippen LogP contribution in [0, 0.1) is 0 Å². The van der Waals surface area contributed by atoms with Gasteiger partial charge in [-0.25, -0.2) is 4.79 Å². The highest BCUT2D eigenvalue weighted by Gasteiger charge is 2.06. The molecule has 1 rings (SSSR count). The summed E-state index contributed by atoms with van der Waals surface area (Å²) in [5.74, 6) is 1.44. The molecule has 0 saturated carbocycles. The summed E-state index contributed by atoms with van der Waals surface area (Å²) in [4.78, 5) is 22.5. The molecule has 0 fully saturated rings. The van der Waals surface area contributed by atoms with Crippen molar-refractivity contribution in [3.63, 3.8) is 0 Å². The Hall–Kier alpha value is -1.69. The average molecular weight is 282 g/mol. The minimum Gasteiger partial charge on any atom is -0.497 e. The normalized spacial score (nSPS) is 9.79. The molecule has 0 aliphatic rings. The molecule has 0 unspecified atom stereocenters. The number of urea groups is 1. The Balaban J connectivity index is 2.29. The van der Waals surface area contributed by atoms with E-state index in [9.17, 15) is 9.59 Å². The molecule has 3 amide bonds. The van der Waals surface area contributed by atoms with E-state index in [1.54, 1.807) is 14.0 Å². The Morgan fingerprint density at radius 1 is 1.37 bits per heavy atom. The number of hydrogen-bond acceptors (Lipinski definition) is 4. The number of carbonyl (C=O) groups is 2. The topological polar surface area (TPSA) is 67.4 Å². The van der Waals surface area contributed by atoms with E-state index in [1.807, 2.05) is 24.3 Å². The average Bonchev–Trinajstić information content (AvgIpc) is 2.39. The molecule has 5 nitrogen and oxygen atoms in total. The molecule has 19 heavy (non-hydrogen) atoms. The lowest BCUT2D eigenvalue weighted by molar-refractivity contribution is -0.117. The second-order valence-electron chi connectivity index (χ2n) is 3.75. The number of hydrogen-bond donors (Lipinski definition) is 2. The van der Waals surface area contributed by atoms with Crippen LogP contribution in [-0.4, -0.2) is 31.3 Å². The van der Waals surface area contributed by atoms with Gasteiger partial charge in [-0.2, -0.15) is 0 Å². The zero-order chi connectivity index (χ0) is 14.1. The van der Waals surface area contributed by atoms with Crippen LogP contribution in [0.1, 0.15) is 12.5 Å². The highest BCUT2D eigenvalue weighted by atomic mass is 32.2. The van der Waals surface area contributed by atoms with Crippen molar-refractivity contribution >= 4 is 23.7 Å². The quantitative estimate of drug-likeness (QED) is 0.834. The monoisotopic (exact) mass is 282 g/mol. The number of carbonyl (C=O) groups excluding carboxylic acids is 2. The fourth-order valence-corrected chi connectivity index (χ4v) is 2.17. The first-order chi connectivity index (χ1) is 9.15. The third-order valence-electron chi connectivity index (χ3n) is 2.23. The van der Waals surface area contributed by atoms with Crippen molar-refractivity contribution in [2.75, 3.05) is 19.4 Å². The van der Waals surface area contributed by atoms with Gasteiger partial charge < -0.3 is 10.1 Å². The Bertz CT molecular complexity index is 438. The van der Waals surface area contributed by atoms with Crippen molar-refractivity contribution in [2.24, 2.45) is 0 Å². The van der Waals surface area contributed by atoms with Crippen LogP contribution in [0.15, 0.2) is 24.3 Å². The minimum absolute atomic E-state index is 0.244.